The van der Waals surface area contributed by atoms with Crippen LogP contribution < -0.4 is 20.1 Å². The average Bonchev–Trinajstić information content (AvgIpc) is 3.05. The van der Waals surface area contributed by atoms with E-state index in [0.29, 0.717) is 29.2 Å². The van der Waals surface area contributed by atoms with Gasteiger partial charge in [-0.05, 0) is 12.1 Å². The fraction of sp³-hybridized carbons (Fsp3) is 0.235. The number of carbonyl (C=O) groups is 1. The number of rotatable bonds is 5. The molecule has 0 saturated heterocycles. The minimum absolute atomic E-state index is 0.240. The third-order valence-corrected chi connectivity index (χ3v) is 4.20. The summed E-state index contributed by atoms with van der Waals surface area (Å²) in [5.74, 6) is 1.41. The highest BCUT2D eigenvalue weighted by molar-refractivity contribution is 6.30. The van der Waals surface area contributed by atoms with E-state index in [9.17, 15) is 4.79 Å². The summed E-state index contributed by atoms with van der Waals surface area (Å²) in [5.41, 5.74) is 7.86. The number of nitrogens with two attached hydrogens (primary N) is 1. The van der Waals surface area contributed by atoms with Gasteiger partial charge in [-0.2, -0.15) is 0 Å². The minimum Gasteiger partial charge on any atom is -0.497 e. The van der Waals surface area contributed by atoms with Gasteiger partial charge >= 0.3 is 6.03 Å². The van der Waals surface area contributed by atoms with Crippen LogP contribution in [0.3, 0.4) is 0 Å². The lowest BCUT2D eigenvalue weighted by Crippen LogP contribution is -2.20. The van der Waals surface area contributed by atoms with E-state index in [1.165, 1.54) is 6.33 Å². The van der Waals surface area contributed by atoms with Crippen LogP contribution >= 0.6 is 11.6 Å². The molecule has 0 fully saturated rings. The average molecular weight is 376 g/mol. The molecule has 26 heavy (non-hydrogen) atoms. The molecule has 8 nitrogen and oxygen atoms in total. The maximum Gasteiger partial charge on any atom is 0.325 e. The number of fused-ring (bicyclic) bond motifs is 1. The number of halogens is 1. The van der Waals surface area contributed by atoms with E-state index in [4.69, 9.17) is 26.8 Å². The molecule has 0 aliphatic heterocycles. The standard InChI is InChI=1S/C17H18ClN5O3/c1-22(8-10-4-5-11(25-2)6-13(10)26-3)12-7-14(18)21-16-15(12)20-9-23(16)17(19)24/h4-7,9H,8H2,1-3H3,(H2,19,24). The number of hydrogen-bond donors (Lipinski definition) is 1. The van der Waals surface area contributed by atoms with Gasteiger partial charge in [0.05, 0.1) is 19.9 Å². The van der Waals surface area contributed by atoms with Crippen LogP contribution in [0.5, 0.6) is 11.5 Å². The molecule has 1 amide bonds. The zero-order valence-electron chi connectivity index (χ0n) is 14.6. The number of nitrogens with zero attached hydrogens (tertiary/aromatic N) is 4. The van der Waals surface area contributed by atoms with Crippen molar-refractivity contribution in [1.82, 2.24) is 14.5 Å². The highest BCUT2D eigenvalue weighted by Gasteiger charge is 2.17. The summed E-state index contributed by atoms with van der Waals surface area (Å²) < 4.78 is 11.8. The van der Waals surface area contributed by atoms with Gasteiger partial charge < -0.3 is 20.1 Å². The number of carbonyl (C=O) groups excluding carboxylic acids is 1. The maximum atomic E-state index is 11.5. The van der Waals surface area contributed by atoms with E-state index in [1.54, 1.807) is 20.3 Å². The Balaban J connectivity index is 2.01. The summed E-state index contributed by atoms with van der Waals surface area (Å²) in [6.45, 7) is 0.520. The fourth-order valence-corrected chi connectivity index (χ4v) is 2.90. The number of methoxy groups -OCH3 is 2. The Kier molecular flexibility index (Phi) is 4.85. The first-order chi connectivity index (χ1) is 12.4. The monoisotopic (exact) mass is 375 g/mol. The second kappa shape index (κ2) is 7.09. The van der Waals surface area contributed by atoms with Crippen LogP contribution in [0.2, 0.25) is 5.15 Å². The van der Waals surface area contributed by atoms with Gasteiger partial charge in [-0.3, -0.25) is 0 Å². The van der Waals surface area contributed by atoms with Crippen molar-refractivity contribution in [2.45, 2.75) is 6.54 Å². The van der Waals surface area contributed by atoms with Gasteiger partial charge in [-0.25, -0.2) is 19.3 Å². The van der Waals surface area contributed by atoms with Crippen LogP contribution in [-0.4, -0.2) is 41.8 Å². The molecule has 9 heteroatoms. The lowest BCUT2D eigenvalue weighted by Gasteiger charge is -2.21. The van der Waals surface area contributed by atoms with E-state index in [1.807, 2.05) is 30.1 Å². The van der Waals surface area contributed by atoms with E-state index in [-0.39, 0.29) is 5.15 Å². The maximum absolute atomic E-state index is 11.5. The van der Waals surface area contributed by atoms with Crippen molar-refractivity contribution >= 4 is 34.5 Å². The summed E-state index contributed by atoms with van der Waals surface area (Å²) in [4.78, 5) is 21.9. The van der Waals surface area contributed by atoms with Crippen LogP contribution in [0.1, 0.15) is 5.56 Å². The van der Waals surface area contributed by atoms with Crippen molar-refractivity contribution in [2.75, 3.05) is 26.2 Å². The smallest absolute Gasteiger partial charge is 0.325 e. The number of amides is 1. The van der Waals surface area contributed by atoms with Gasteiger partial charge in [0.15, 0.2) is 5.65 Å². The molecule has 0 aliphatic rings. The normalized spacial score (nSPS) is 10.8. The molecule has 2 heterocycles. The van der Waals surface area contributed by atoms with Gasteiger partial charge in [0, 0.05) is 31.3 Å². The van der Waals surface area contributed by atoms with Crippen molar-refractivity contribution in [3.05, 3.63) is 41.3 Å². The highest BCUT2D eigenvalue weighted by atomic mass is 35.5. The van der Waals surface area contributed by atoms with Gasteiger partial charge in [-0.1, -0.05) is 11.6 Å². The summed E-state index contributed by atoms with van der Waals surface area (Å²) in [7, 11) is 5.09. The molecular formula is C17H18ClN5O3. The van der Waals surface area contributed by atoms with Crippen molar-refractivity contribution < 1.29 is 14.3 Å². The van der Waals surface area contributed by atoms with Gasteiger partial charge in [-0.15, -0.1) is 0 Å². The molecule has 0 radical (unpaired) electrons. The first-order valence-corrected chi connectivity index (χ1v) is 8.07. The van der Waals surface area contributed by atoms with Gasteiger partial charge in [0.2, 0.25) is 0 Å². The predicted octanol–water partition coefficient (Wildman–Crippen LogP) is 2.67. The van der Waals surface area contributed by atoms with Crippen molar-refractivity contribution in [3.8, 4) is 11.5 Å². The molecular weight excluding hydrogens is 358 g/mol. The Morgan fingerprint density at radius 3 is 2.73 bits per heavy atom. The first kappa shape index (κ1) is 17.8. The van der Waals surface area contributed by atoms with Gasteiger partial charge in [0.1, 0.15) is 28.5 Å². The van der Waals surface area contributed by atoms with E-state index >= 15 is 0 Å². The van der Waals surface area contributed by atoms with Crippen LogP contribution in [-0.2, 0) is 6.54 Å². The third-order valence-electron chi connectivity index (χ3n) is 4.00. The number of pyridine rings is 1. The molecule has 3 aromatic rings. The molecule has 2 N–H and O–H groups in total. The second-order valence-corrected chi connectivity index (χ2v) is 6.01. The summed E-state index contributed by atoms with van der Waals surface area (Å²) >= 11 is 6.13. The molecule has 0 atom stereocenters. The van der Waals surface area contributed by atoms with Crippen molar-refractivity contribution in [1.29, 1.82) is 0 Å². The molecule has 136 valence electrons. The summed E-state index contributed by atoms with van der Waals surface area (Å²) in [6, 6.07) is 6.63. The summed E-state index contributed by atoms with van der Waals surface area (Å²) in [6.07, 6.45) is 1.33. The Bertz CT molecular complexity index is 972. The number of benzene rings is 1. The van der Waals surface area contributed by atoms with Crippen LogP contribution in [0.25, 0.3) is 11.2 Å². The highest BCUT2D eigenvalue weighted by Crippen LogP contribution is 2.30. The number of hydrogen-bond acceptors (Lipinski definition) is 6. The Morgan fingerprint density at radius 1 is 1.31 bits per heavy atom. The largest absolute Gasteiger partial charge is 0.497 e. The quantitative estimate of drug-likeness (QED) is 0.689. The number of anilines is 1. The van der Waals surface area contributed by atoms with E-state index < -0.39 is 6.03 Å². The Morgan fingerprint density at radius 2 is 2.08 bits per heavy atom. The molecule has 0 spiro atoms. The molecule has 0 aliphatic carbocycles. The zero-order chi connectivity index (χ0) is 18.8. The topological polar surface area (TPSA) is 95.5 Å². The molecule has 1 aromatic carbocycles. The fourth-order valence-electron chi connectivity index (χ4n) is 2.72. The molecule has 0 bridgehead atoms. The lowest BCUT2D eigenvalue weighted by atomic mass is 10.1. The summed E-state index contributed by atoms with van der Waals surface area (Å²) in [5, 5.41) is 0.240. The Labute approximate surface area is 155 Å². The first-order valence-electron chi connectivity index (χ1n) is 7.70. The molecule has 2 aromatic heterocycles. The van der Waals surface area contributed by atoms with Crippen molar-refractivity contribution in [2.24, 2.45) is 5.73 Å². The van der Waals surface area contributed by atoms with E-state index in [0.717, 1.165) is 15.8 Å². The van der Waals surface area contributed by atoms with Crippen LogP contribution in [0.4, 0.5) is 10.5 Å². The molecule has 0 saturated carbocycles. The number of aromatic nitrogens is 3. The number of primary amides is 1. The van der Waals surface area contributed by atoms with E-state index in [2.05, 4.69) is 9.97 Å². The lowest BCUT2D eigenvalue weighted by molar-refractivity contribution is 0.251. The molecule has 0 unspecified atom stereocenters. The van der Waals surface area contributed by atoms with Crippen molar-refractivity contribution in [3.63, 3.8) is 0 Å². The second-order valence-electron chi connectivity index (χ2n) is 5.62. The minimum atomic E-state index is -0.673. The van der Waals surface area contributed by atoms with Gasteiger partial charge in [0.25, 0.3) is 0 Å². The SMILES string of the molecule is COc1ccc(CN(C)c2cc(Cl)nc3c2ncn3C(N)=O)c(OC)c1. The number of imidazole rings is 1. The Hall–Kier alpha value is -3.00. The third kappa shape index (κ3) is 3.23. The zero-order valence-corrected chi connectivity index (χ0v) is 15.3. The predicted molar refractivity (Wildman–Crippen MR) is 99.2 cm³/mol. The van der Waals surface area contributed by atoms with Crippen LogP contribution in [0.15, 0.2) is 30.6 Å². The number of ether oxygens (including phenoxy) is 2. The van der Waals surface area contributed by atoms with Crippen LogP contribution in [0, 0.1) is 0 Å². The molecule has 3 rings (SSSR count).